The number of ether oxygens (including phenoxy) is 3. The van der Waals surface area contributed by atoms with Crippen molar-refractivity contribution in [3.05, 3.63) is 42.0 Å². The Balaban J connectivity index is 2.08. The van der Waals surface area contributed by atoms with Crippen LogP contribution in [-0.4, -0.2) is 25.2 Å². The first-order valence-corrected chi connectivity index (χ1v) is 7.57. The Morgan fingerprint density at radius 3 is 2.40 bits per heavy atom. The summed E-state index contributed by atoms with van der Waals surface area (Å²) in [6, 6.07) is 12.3. The van der Waals surface area contributed by atoms with Gasteiger partial charge in [-0.25, -0.2) is 0 Å². The third-order valence-corrected chi connectivity index (χ3v) is 4.29. The monoisotopic (exact) mass is 336 g/mol. The zero-order valence-electron chi connectivity index (χ0n) is 11.6. The lowest BCUT2D eigenvalue weighted by atomic mass is 9.99. The summed E-state index contributed by atoms with van der Waals surface area (Å²) in [5.41, 5.74) is 1.04. The van der Waals surface area contributed by atoms with E-state index in [-0.39, 0.29) is 4.83 Å². The van der Waals surface area contributed by atoms with Gasteiger partial charge in [-0.3, -0.25) is 0 Å². The first-order valence-electron chi connectivity index (χ1n) is 6.66. The molecule has 0 aliphatic carbocycles. The number of halogens is 1. The Morgan fingerprint density at radius 1 is 1.10 bits per heavy atom. The quantitative estimate of drug-likeness (QED) is 0.797. The molecule has 1 aliphatic heterocycles. The Labute approximate surface area is 127 Å². The first kappa shape index (κ1) is 13.9. The van der Waals surface area contributed by atoms with Crippen LogP contribution in [0.1, 0.15) is 12.5 Å². The molecular formula is C16H17BrO3. The van der Waals surface area contributed by atoms with Crippen LogP contribution in [0.15, 0.2) is 36.4 Å². The van der Waals surface area contributed by atoms with E-state index >= 15 is 0 Å². The van der Waals surface area contributed by atoms with Gasteiger partial charge in [0.25, 0.3) is 0 Å². The zero-order chi connectivity index (χ0) is 14.2. The number of benzene rings is 2. The van der Waals surface area contributed by atoms with E-state index in [2.05, 4.69) is 40.2 Å². The first-order chi connectivity index (χ1) is 9.65. The molecule has 2 aromatic rings. The molecule has 0 aromatic heterocycles. The second-order valence-electron chi connectivity index (χ2n) is 4.91. The molecule has 0 N–H and O–H groups in total. The minimum atomic E-state index is -0.686. The predicted octanol–water partition coefficient (Wildman–Crippen LogP) is 3.83. The van der Waals surface area contributed by atoms with E-state index in [1.165, 1.54) is 0 Å². The number of alkyl halides is 1. The minimum Gasteiger partial charge on any atom is -0.497 e. The molecular weight excluding hydrogens is 320 g/mol. The molecule has 2 aromatic carbocycles. The van der Waals surface area contributed by atoms with Crippen molar-refractivity contribution in [3.63, 3.8) is 0 Å². The molecule has 1 saturated heterocycles. The van der Waals surface area contributed by atoms with Crippen LogP contribution >= 0.6 is 15.9 Å². The van der Waals surface area contributed by atoms with Crippen LogP contribution < -0.4 is 4.74 Å². The van der Waals surface area contributed by atoms with Gasteiger partial charge in [0.15, 0.2) is 0 Å². The molecule has 1 fully saturated rings. The second-order valence-corrected chi connectivity index (χ2v) is 6.28. The van der Waals surface area contributed by atoms with E-state index in [0.717, 1.165) is 22.1 Å². The Kier molecular flexibility index (Phi) is 3.71. The molecule has 0 radical (unpaired) electrons. The molecule has 0 spiro atoms. The topological polar surface area (TPSA) is 27.7 Å². The van der Waals surface area contributed by atoms with Crippen LogP contribution in [0.4, 0.5) is 0 Å². The normalized spacial score (nSPS) is 19.1. The number of hydrogen-bond donors (Lipinski definition) is 0. The van der Waals surface area contributed by atoms with Crippen LogP contribution in [-0.2, 0) is 15.3 Å². The highest BCUT2D eigenvalue weighted by atomic mass is 79.9. The van der Waals surface area contributed by atoms with Crippen molar-refractivity contribution in [2.45, 2.75) is 17.5 Å². The fraction of sp³-hybridized carbons (Fsp3) is 0.375. The molecule has 1 unspecified atom stereocenters. The van der Waals surface area contributed by atoms with Crippen LogP contribution in [0.3, 0.4) is 0 Å². The standard InChI is InChI=1S/C16H17BrO3/c1-11(17)16(19-7-8-20-16)14-5-3-13-10-15(18-2)6-4-12(13)9-14/h3-6,9-11H,7-8H2,1-2H3. The summed E-state index contributed by atoms with van der Waals surface area (Å²) < 4.78 is 17.0. The highest BCUT2D eigenvalue weighted by Crippen LogP contribution is 2.39. The largest absolute Gasteiger partial charge is 0.497 e. The maximum absolute atomic E-state index is 5.89. The van der Waals surface area contributed by atoms with Gasteiger partial charge in [0.2, 0.25) is 5.79 Å². The van der Waals surface area contributed by atoms with E-state index in [0.29, 0.717) is 13.2 Å². The smallest absolute Gasteiger partial charge is 0.207 e. The van der Waals surface area contributed by atoms with Crippen molar-refractivity contribution < 1.29 is 14.2 Å². The lowest BCUT2D eigenvalue weighted by molar-refractivity contribution is -0.161. The molecule has 3 rings (SSSR count). The van der Waals surface area contributed by atoms with Gasteiger partial charge in [-0.2, -0.15) is 0 Å². The van der Waals surface area contributed by atoms with Crippen molar-refractivity contribution in [2.24, 2.45) is 0 Å². The van der Waals surface area contributed by atoms with E-state index in [1.807, 2.05) is 19.1 Å². The van der Waals surface area contributed by atoms with Crippen molar-refractivity contribution in [1.82, 2.24) is 0 Å². The molecule has 3 nitrogen and oxygen atoms in total. The average Bonchev–Trinajstić information content (AvgIpc) is 2.97. The second kappa shape index (κ2) is 5.35. The van der Waals surface area contributed by atoms with Crippen LogP contribution in [0.5, 0.6) is 5.75 Å². The van der Waals surface area contributed by atoms with Crippen LogP contribution in [0, 0.1) is 0 Å². The summed E-state index contributed by atoms with van der Waals surface area (Å²) in [4.78, 5) is 0.0770. The lowest BCUT2D eigenvalue weighted by Crippen LogP contribution is -2.35. The van der Waals surface area contributed by atoms with Gasteiger partial charge >= 0.3 is 0 Å². The van der Waals surface area contributed by atoms with E-state index < -0.39 is 5.79 Å². The van der Waals surface area contributed by atoms with E-state index in [1.54, 1.807) is 7.11 Å². The maximum atomic E-state index is 5.89. The van der Waals surface area contributed by atoms with Gasteiger partial charge in [0, 0.05) is 5.56 Å². The number of methoxy groups -OCH3 is 1. The molecule has 0 amide bonds. The van der Waals surface area contributed by atoms with Crippen molar-refractivity contribution in [1.29, 1.82) is 0 Å². The van der Waals surface area contributed by atoms with Crippen molar-refractivity contribution in [3.8, 4) is 5.75 Å². The Bertz CT molecular complexity index is 618. The van der Waals surface area contributed by atoms with Gasteiger partial charge in [-0.15, -0.1) is 0 Å². The van der Waals surface area contributed by atoms with Crippen molar-refractivity contribution in [2.75, 3.05) is 20.3 Å². The number of hydrogen-bond acceptors (Lipinski definition) is 3. The van der Waals surface area contributed by atoms with Gasteiger partial charge in [-0.05, 0) is 35.9 Å². The van der Waals surface area contributed by atoms with Crippen LogP contribution in [0.25, 0.3) is 10.8 Å². The number of rotatable bonds is 3. The third kappa shape index (κ3) is 2.22. The SMILES string of the molecule is COc1ccc2cc(C3(C(C)Br)OCCO3)ccc2c1. The summed E-state index contributed by atoms with van der Waals surface area (Å²) in [5, 5.41) is 2.29. The molecule has 20 heavy (non-hydrogen) atoms. The van der Waals surface area contributed by atoms with Crippen molar-refractivity contribution >= 4 is 26.7 Å². The van der Waals surface area contributed by atoms with Gasteiger partial charge in [0.05, 0.1) is 25.2 Å². The highest BCUT2D eigenvalue weighted by Gasteiger charge is 2.42. The van der Waals surface area contributed by atoms with Gasteiger partial charge in [0.1, 0.15) is 5.75 Å². The zero-order valence-corrected chi connectivity index (χ0v) is 13.1. The minimum absolute atomic E-state index is 0.0770. The van der Waals surface area contributed by atoms with Crippen LogP contribution in [0.2, 0.25) is 0 Å². The molecule has 0 saturated carbocycles. The molecule has 106 valence electrons. The fourth-order valence-corrected chi connectivity index (χ4v) is 3.15. The highest BCUT2D eigenvalue weighted by molar-refractivity contribution is 9.09. The summed E-state index contributed by atoms with van der Waals surface area (Å²) >= 11 is 3.61. The molecule has 4 heteroatoms. The summed E-state index contributed by atoms with van der Waals surface area (Å²) in [6.07, 6.45) is 0. The third-order valence-electron chi connectivity index (χ3n) is 3.69. The summed E-state index contributed by atoms with van der Waals surface area (Å²) in [7, 11) is 1.68. The van der Waals surface area contributed by atoms with Gasteiger partial charge < -0.3 is 14.2 Å². The number of fused-ring (bicyclic) bond motifs is 1. The predicted molar refractivity (Wildman–Crippen MR) is 82.5 cm³/mol. The van der Waals surface area contributed by atoms with E-state index in [4.69, 9.17) is 14.2 Å². The molecule has 0 bridgehead atoms. The molecule has 1 heterocycles. The maximum Gasteiger partial charge on any atom is 0.207 e. The van der Waals surface area contributed by atoms with E-state index in [9.17, 15) is 0 Å². The fourth-order valence-electron chi connectivity index (χ4n) is 2.62. The Hall–Kier alpha value is -1.10. The summed E-state index contributed by atoms with van der Waals surface area (Å²) in [6.45, 7) is 3.29. The average molecular weight is 337 g/mol. The molecule has 1 aliphatic rings. The Morgan fingerprint density at radius 2 is 1.75 bits per heavy atom. The summed E-state index contributed by atoms with van der Waals surface area (Å²) in [5.74, 6) is 0.177. The molecule has 1 atom stereocenters. The van der Waals surface area contributed by atoms with Gasteiger partial charge in [-0.1, -0.05) is 34.1 Å². The lowest BCUT2D eigenvalue weighted by Gasteiger charge is -2.30.